The normalized spacial score (nSPS) is 10.2. The predicted octanol–water partition coefficient (Wildman–Crippen LogP) is 3.19. The van der Waals surface area contributed by atoms with Gasteiger partial charge in [-0.15, -0.1) is 0 Å². The Morgan fingerprint density at radius 1 is 1.38 bits per heavy atom. The molecule has 2 nitrogen and oxygen atoms in total. The van der Waals surface area contributed by atoms with Crippen LogP contribution in [0, 0.1) is 0 Å². The molecule has 0 saturated heterocycles. The summed E-state index contributed by atoms with van der Waals surface area (Å²) in [5.41, 5.74) is 0.876. The van der Waals surface area contributed by atoms with Gasteiger partial charge in [-0.25, -0.2) is 0 Å². The minimum absolute atomic E-state index is 0.703. The number of benzene rings is 1. The largest absolute Gasteiger partial charge is 0.440 e. The molecule has 0 spiro atoms. The van der Waals surface area contributed by atoms with Crippen LogP contribution in [-0.4, -0.2) is 4.99 Å². The van der Waals surface area contributed by atoms with Crippen LogP contribution in [0.4, 0.5) is 5.88 Å². The predicted molar refractivity (Wildman–Crippen MR) is 58.1 cm³/mol. The van der Waals surface area contributed by atoms with Gasteiger partial charge in [-0.2, -0.15) is 0 Å². The highest BCUT2D eigenvalue weighted by Crippen LogP contribution is 2.22. The summed E-state index contributed by atoms with van der Waals surface area (Å²) in [4.78, 5) is 0.707. The Hall–Kier alpha value is -1.35. The number of rotatable bonds is 1. The molecular weight excluding hydrogens is 182 g/mol. The summed E-state index contributed by atoms with van der Waals surface area (Å²) in [6.07, 6.45) is 0. The lowest BCUT2D eigenvalue weighted by Gasteiger charge is -1.95. The van der Waals surface area contributed by atoms with Gasteiger partial charge in [-0.1, -0.05) is 30.4 Å². The van der Waals surface area contributed by atoms with Crippen molar-refractivity contribution in [2.75, 3.05) is 5.32 Å². The maximum atomic E-state index is 5.48. The van der Waals surface area contributed by atoms with Gasteiger partial charge in [0.2, 0.25) is 0 Å². The van der Waals surface area contributed by atoms with Crippen LogP contribution in [-0.2, 0) is 0 Å². The van der Waals surface area contributed by atoms with Gasteiger partial charge >= 0.3 is 0 Å². The number of fused-ring (bicyclic) bond motifs is 1. The lowest BCUT2D eigenvalue weighted by Crippen LogP contribution is -2.01. The highest BCUT2D eigenvalue weighted by molar-refractivity contribution is 7.80. The second kappa shape index (κ2) is 3.18. The summed E-state index contributed by atoms with van der Waals surface area (Å²) in [7, 11) is 0. The Labute approximate surface area is 81.5 Å². The van der Waals surface area contributed by atoms with Crippen LogP contribution in [0.3, 0.4) is 0 Å². The molecule has 1 N–H and O–H groups in total. The number of furan rings is 1. The maximum Gasteiger partial charge on any atom is 0.198 e. The van der Waals surface area contributed by atoms with Gasteiger partial charge in [0.1, 0.15) is 5.58 Å². The number of hydrogen-bond donors (Lipinski definition) is 1. The van der Waals surface area contributed by atoms with E-state index in [9.17, 15) is 0 Å². The molecule has 0 aliphatic heterocycles. The Morgan fingerprint density at radius 3 is 2.85 bits per heavy atom. The molecule has 1 aromatic carbocycles. The number of anilines is 1. The molecule has 0 saturated carbocycles. The number of thiocarbonyl (C=S) groups is 1. The molecule has 0 fully saturated rings. The second-order valence-corrected chi connectivity index (χ2v) is 3.44. The van der Waals surface area contributed by atoms with E-state index in [0.717, 1.165) is 11.0 Å². The van der Waals surface area contributed by atoms with Crippen LogP contribution in [0.2, 0.25) is 0 Å². The van der Waals surface area contributed by atoms with Crippen molar-refractivity contribution in [2.45, 2.75) is 6.92 Å². The number of nitrogens with one attached hydrogen (secondary N) is 1. The van der Waals surface area contributed by atoms with E-state index in [1.54, 1.807) is 0 Å². The molecule has 1 heterocycles. The van der Waals surface area contributed by atoms with E-state index in [4.69, 9.17) is 16.6 Å². The zero-order valence-electron chi connectivity index (χ0n) is 7.20. The standard InChI is InChI=1S/C10H9NOS/c1-7(13)11-10-6-8-4-2-3-5-9(8)12-10/h2-6H,1H3,(H,11,13). The van der Waals surface area contributed by atoms with Crippen molar-refractivity contribution in [3.63, 3.8) is 0 Å². The molecule has 13 heavy (non-hydrogen) atoms. The Balaban J connectivity index is 2.44. The molecule has 0 radical (unpaired) electrons. The van der Waals surface area contributed by atoms with Gasteiger partial charge in [0.15, 0.2) is 5.88 Å². The minimum atomic E-state index is 0.703. The summed E-state index contributed by atoms with van der Waals surface area (Å²) < 4.78 is 5.48. The fourth-order valence-corrected chi connectivity index (χ4v) is 1.32. The van der Waals surface area contributed by atoms with Crippen molar-refractivity contribution >= 4 is 34.1 Å². The molecule has 0 atom stereocenters. The number of hydrogen-bond acceptors (Lipinski definition) is 2. The highest BCUT2D eigenvalue weighted by atomic mass is 32.1. The first-order valence-electron chi connectivity index (χ1n) is 4.02. The lowest BCUT2D eigenvalue weighted by molar-refractivity contribution is 0.636. The molecule has 0 aliphatic rings. The van der Waals surface area contributed by atoms with E-state index in [2.05, 4.69) is 5.32 Å². The van der Waals surface area contributed by atoms with Gasteiger partial charge in [0, 0.05) is 11.5 Å². The van der Waals surface area contributed by atoms with Crippen molar-refractivity contribution in [3.8, 4) is 0 Å². The monoisotopic (exact) mass is 191 g/mol. The maximum absolute atomic E-state index is 5.48. The van der Waals surface area contributed by atoms with Crippen LogP contribution in [0.5, 0.6) is 0 Å². The van der Waals surface area contributed by atoms with Gasteiger partial charge in [0.05, 0.1) is 4.99 Å². The van der Waals surface area contributed by atoms with Crippen molar-refractivity contribution in [1.29, 1.82) is 0 Å². The average molecular weight is 191 g/mol. The molecule has 0 bridgehead atoms. The van der Waals surface area contributed by atoms with Gasteiger partial charge in [-0.3, -0.25) is 0 Å². The van der Waals surface area contributed by atoms with E-state index in [1.165, 1.54) is 0 Å². The van der Waals surface area contributed by atoms with Crippen molar-refractivity contribution < 1.29 is 4.42 Å². The van der Waals surface area contributed by atoms with Crippen molar-refractivity contribution in [1.82, 2.24) is 0 Å². The zero-order chi connectivity index (χ0) is 9.26. The van der Waals surface area contributed by atoms with Gasteiger partial charge in [0.25, 0.3) is 0 Å². The molecule has 0 unspecified atom stereocenters. The molecule has 0 aliphatic carbocycles. The summed E-state index contributed by atoms with van der Waals surface area (Å²) in [6.45, 7) is 1.82. The van der Waals surface area contributed by atoms with Gasteiger partial charge in [-0.05, 0) is 13.0 Å². The minimum Gasteiger partial charge on any atom is -0.440 e. The average Bonchev–Trinajstić information content (AvgIpc) is 2.44. The number of para-hydroxylation sites is 1. The Kier molecular flexibility index (Phi) is 2.02. The summed E-state index contributed by atoms with van der Waals surface area (Å²) in [5.74, 6) is 0.703. The molecular formula is C10H9NOS. The molecule has 0 amide bonds. The fraction of sp³-hybridized carbons (Fsp3) is 0.100. The topological polar surface area (TPSA) is 25.2 Å². The first-order chi connectivity index (χ1) is 6.25. The van der Waals surface area contributed by atoms with Crippen LogP contribution < -0.4 is 5.32 Å². The fourth-order valence-electron chi connectivity index (χ4n) is 1.22. The first-order valence-corrected chi connectivity index (χ1v) is 4.43. The third-order valence-electron chi connectivity index (χ3n) is 1.72. The van der Waals surface area contributed by atoms with Crippen LogP contribution in [0.15, 0.2) is 34.7 Å². The SMILES string of the molecule is CC(=S)Nc1cc2ccccc2o1. The van der Waals surface area contributed by atoms with Gasteiger partial charge < -0.3 is 9.73 Å². The highest BCUT2D eigenvalue weighted by Gasteiger charge is 2.01. The summed E-state index contributed by atoms with van der Waals surface area (Å²) in [5, 5.41) is 4.04. The lowest BCUT2D eigenvalue weighted by atomic mass is 10.3. The van der Waals surface area contributed by atoms with E-state index >= 15 is 0 Å². The van der Waals surface area contributed by atoms with E-state index in [-0.39, 0.29) is 0 Å². The van der Waals surface area contributed by atoms with Crippen LogP contribution in [0.25, 0.3) is 11.0 Å². The molecule has 66 valence electrons. The summed E-state index contributed by atoms with van der Waals surface area (Å²) >= 11 is 4.91. The third-order valence-corrected chi connectivity index (χ3v) is 1.83. The Bertz CT molecular complexity index is 414. The van der Waals surface area contributed by atoms with E-state index in [1.807, 2.05) is 37.3 Å². The first kappa shape index (κ1) is 8.26. The molecule has 3 heteroatoms. The van der Waals surface area contributed by atoms with Crippen molar-refractivity contribution in [2.24, 2.45) is 0 Å². The smallest absolute Gasteiger partial charge is 0.198 e. The van der Waals surface area contributed by atoms with E-state index < -0.39 is 0 Å². The molecule has 2 rings (SSSR count). The van der Waals surface area contributed by atoms with Crippen LogP contribution in [0.1, 0.15) is 6.92 Å². The van der Waals surface area contributed by atoms with E-state index in [0.29, 0.717) is 10.9 Å². The Morgan fingerprint density at radius 2 is 2.15 bits per heavy atom. The zero-order valence-corrected chi connectivity index (χ0v) is 8.02. The second-order valence-electron chi connectivity index (χ2n) is 2.83. The molecule has 2 aromatic rings. The summed E-state index contributed by atoms with van der Waals surface area (Å²) in [6, 6.07) is 9.79. The third kappa shape index (κ3) is 1.70. The molecule has 1 aromatic heterocycles. The quantitative estimate of drug-likeness (QED) is 0.701. The van der Waals surface area contributed by atoms with Crippen molar-refractivity contribution in [3.05, 3.63) is 30.3 Å². The van der Waals surface area contributed by atoms with Crippen LogP contribution >= 0.6 is 12.2 Å².